The second kappa shape index (κ2) is 6.52. The summed E-state index contributed by atoms with van der Waals surface area (Å²) in [6.45, 7) is 5.33. The van der Waals surface area contributed by atoms with Crippen molar-refractivity contribution < 1.29 is 4.79 Å². The quantitative estimate of drug-likeness (QED) is 0.581. The Kier molecular flexibility index (Phi) is 4.21. The molecule has 3 aromatic rings. The van der Waals surface area contributed by atoms with E-state index in [1.54, 1.807) is 0 Å². The van der Waals surface area contributed by atoms with Crippen LogP contribution in [0.2, 0.25) is 0 Å². The van der Waals surface area contributed by atoms with Gasteiger partial charge in [-0.1, -0.05) is 30.0 Å². The van der Waals surface area contributed by atoms with E-state index < -0.39 is 0 Å². The minimum absolute atomic E-state index is 0.142. The van der Waals surface area contributed by atoms with Crippen molar-refractivity contribution in [3.63, 3.8) is 0 Å². The molecule has 5 nitrogen and oxygen atoms in total. The monoisotopic (exact) mass is 352 g/mol. The van der Waals surface area contributed by atoms with Crippen molar-refractivity contribution in [3.8, 4) is 0 Å². The molecular weight excluding hydrogens is 332 g/mol. The number of amides is 1. The first kappa shape index (κ1) is 16.1. The molecule has 4 rings (SSSR count). The average molecular weight is 352 g/mol. The van der Waals surface area contributed by atoms with Gasteiger partial charge in [-0.05, 0) is 26.0 Å². The molecule has 0 radical (unpaired) electrons. The highest BCUT2D eigenvalue weighted by atomic mass is 32.2. The van der Waals surface area contributed by atoms with Gasteiger partial charge in [0.2, 0.25) is 5.91 Å². The highest BCUT2D eigenvalue weighted by Crippen LogP contribution is 2.28. The summed E-state index contributed by atoms with van der Waals surface area (Å²) in [4.78, 5) is 26.9. The van der Waals surface area contributed by atoms with E-state index in [0.717, 1.165) is 29.9 Å². The topological polar surface area (TPSA) is 61.9 Å². The lowest BCUT2D eigenvalue weighted by molar-refractivity contribution is -0.129. The van der Waals surface area contributed by atoms with Gasteiger partial charge in [0.1, 0.15) is 0 Å². The highest BCUT2D eigenvalue weighted by molar-refractivity contribution is 7.99. The van der Waals surface area contributed by atoms with Gasteiger partial charge in [-0.2, -0.15) is 0 Å². The van der Waals surface area contributed by atoms with Crippen LogP contribution in [0.3, 0.4) is 0 Å². The summed E-state index contributed by atoms with van der Waals surface area (Å²) < 4.78 is 0. The Hall–Kier alpha value is -2.34. The van der Waals surface area contributed by atoms with Crippen molar-refractivity contribution in [2.45, 2.75) is 32.0 Å². The van der Waals surface area contributed by atoms with E-state index in [2.05, 4.69) is 27.1 Å². The Morgan fingerprint density at radius 3 is 2.80 bits per heavy atom. The molecule has 1 aliphatic heterocycles. The van der Waals surface area contributed by atoms with Crippen LogP contribution in [0.5, 0.6) is 0 Å². The highest BCUT2D eigenvalue weighted by Gasteiger charge is 2.24. The minimum atomic E-state index is 0.142. The number of hydrogen-bond donors (Lipinski definition) is 1. The van der Waals surface area contributed by atoms with E-state index in [1.807, 2.05) is 36.9 Å². The summed E-state index contributed by atoms with van der Waals surface area (Å²) in [6.07, 6.45) is 0.875. The van der Waals surface area contributed by atoms with Crippen LogP contribution in [0.4, 0.5) is 0 Å². The number of carbonyl (C=O) groups is 1. The van der Waals surface area contributed by atoms with Gasteiger partial charge < -0.3 is 9.88 Å². The first-order chi connectivity index (χ1) is 12.1. The van der Waals surface area contributed by atoms with Crippen LogP contribution in [-0.2, 0) is 17.8 Å². The Bertz CT molecular complexity index is 929. The molecule has 0 saturated heterocycles. The zero-order chi connectivity index (χ0) is 17.4. The molecule has 0 fully saturated rings. The maximum atomic E-state index is 12.6. The Labute approximate surface area is 150 Å². The zero-order valence-corrected chi connectivity index (χ0v) is 15.2. The number of aromatic amines is 1. The molecule has 0 aliphatic carbocycles. The first-order valence-corrected chi connectivity index (χ1v) is 9.40. The Morgan fingerprint density at radius 1 is 1.24 bits per heavy atom. The SMILES string of the molecule is Cc1cc(C)nc(SCC(=O)N2CCc3[nH]c4ccccc4c3C2)n1. The molecule has 128 valence electrons. The first-order valence-electron chi connectivity index (χ1n) is 8.41. The number of aromatic nitrogens is 3. The van der Waals surface area contributed by atoms with Crippen molar-refractivity contribution in [2.24, 2.45) is 0 Å². The smallest absolute Gasteiger partial charge is 0.233 e. The van der Waals surface area contributed by atoms with Gasteiger partial charge in [0, 0.05) is 53.1 Å². The predicted molar refractivity (Wildman–Crippen MR) is 99.6 cm³/mol. The van der Waals surface area contributed by atoms with Gasteiger partial charge in [0.15, 0.2) is 5.16 Å². The fourth-order valence-electron chi connectivity index (χ4n) is 3.36. The molecule has 1 aromatic carbocycles. The number of rotatable bonds is 3. The molecule has 0 spiro atoms. The number of H-pyrrole nitrogens is 1. The number of carbonyl (C=O) groups excluding carboxylic acids is 1. The molecule has 0 bridgehead atoms. The molecular formula is C19H20N4OS. The lowest BCUT2D eigenvalue weighted by Gasteiger charge is -2.27. The third kappa shape index (κ3) is 3.26. The number of nitrogens with one attached hydrogen (secondary N) is 1. The molecule has 0 saturated carbocycles. The lowest BCUT2D eigenvalue weighted by Crippen LogP contribution is -2.36. The summed E-state index contributed by atoms with van der Waals surface area (Å²) >= 11 is 1.42. The van der Waals surface area contributed by atoms with Gasteiger partial charge in [-0.15, -0.1) is 0 Å². The normalized spacial score (nSPS) is 13.9. The Balaban J connectivity index is 1.46. The average Bonchev–Trinajstić information content (AvgIpc) is 2.96. The van der Waals surface area contributed by atoms with Crippen LogP contribution >= 0.6 is 11.8 Å². The molecule has 3 heterocycles. The van der Waals surface area contributed by atoms with Crippen LogP contribution < -0.4 is 0 Å². The van der Waals surface area contributed by atoms with Gasteiger partial charge in [0.05, 0.1) is 5.75 Å². The van der Waals surface area contributed by atoms with Gasteiger partial charge in [-0.25, -0.2) is 9.97 Å². The van der Waals surface area contributed by atoms with Crippen LogP contribution in [-0.4, -0.2) is 38.1 Å². The summed E-state index contributed by atoms with van der Waals surface area (Å²) in [6, 6.07) is 10.2. The molecule has 25 heavy (non-hydrogen) atoms. The second-order valence-electron chi connectivity index (χ2n) is 6.41. The Morgan fingerprint density at radius 2 is 2.00 bits per heavy atom. The van der Waals surface area contributed by atoms with Crippen molar-refractivity contribution >= 4 is 28.6 Å². The van der Waals surface area contributed by atoms with Gasteiger partial charge in [0.25, 0.3) is 0 Å². The fraction of sp³-hybridized carbons (Fsp3) is 0.316. The molecule has 1 aliphatic rings. The molecule has 1 amide bonds. The number of nitrogens with zero attached hydrogens (tertiary/aromatic N) is 3. The number of aryl methyl sites for hydroxylation is 2. The summed E-state index contributed by atoms with van der Waals surface area (Å²) in [5.74, 6) is 0.518. The summed E-state index contributed by atoms with van der Waals surface area (Å²) in [5.41, 5.74) is 5.53. The van der Waals surface area contributed by atoms with Gasteiger partial charge >= 0.3 is 0 Å². The largest absolute Gasteiger partial charge is 0.358 e. The predicted octanol–water partition coefficient (Wildman–Crippen LogP) is 3.25. The van der Waals surface area contributed by atoms with Crippen molar-refractivity contribution in [1.29, 1.82) is 0 Å². The molecule has 6 heteroatoms. The van der Waals surface area contributed by atoms with E-state index in [0.29, 0.717) is 17.5 Å². The van der Waals surface area contributed by atoms with Gasteiger partial charge in [-0.3, -0.25) is 4.79 Å². The standard InChI is InChI=1S/C19H20N4OS/c1-12-9-13(2)21-19(20-12)25-11-18(24)23-8-7-17-15(10-23)14-5-3-4-6-16(14)22-17/h3-6,9,22H,7-8,10-11H2,1-2H3. The number of para-hydroxylation sites is 1. The van der Waals surface area contributed by atoms with E-state index in [1.165, 1.54) is 28.4 Å². The van der Waals surface area contributed by atoms with Crippen molar-refractivity contribution in [1.82, 2.24) is 19.9 Å². The van der Waals surface area contributed by atoms with E-state index in [9.17, 15) is 4.79 Å². The fourth-order valence-corrected chi connectivity index (χ4v) is 4.21. The zero-order valence-electron chi connectivity index (χ0n) is 14.4. The maximum absolute atomic E-state index is 12.6. The maximum Gasteiger partial charge on any atom is 0.233 e. The number of fused-ring (bicyclic) bond motifs is 3. The summed E-state index contributed by atoms with van der Waals surface area (Å²) in [5, 5.41) is 1.90. The number of benzene rings is 1. The minimum Gasteiger partial charge on any atom is -0.358 e. The van der Waals surface area contributed by atoms with Crippen LogP contribution in [0.1, 0.15) is 22.6 Å². The third-order valence-electron chi connectivity index (χ3n) is 4.52. The lowest BCUT2D eigenvalue weighted by atomic mass is 10.0. The number of hydrogen-bond acceptors (Lipinski definition) is 4. The van der Waals surface area contributed by atoms with E-state index in [4.69, 9.17) is 0 Å². The van der Waals surface area contributed by atoms with Crippen LogP contribution in [0, 0.1) is 13.8 Å². The van der Waals surface area contributed by atoms with Crippen LogP contribution in [0.15, 0.2) is 35.5 Å². The molecule has 0 unspecified atom stereocenters. The third-order valence-corrected chi connectivity index (χ3v) is 5.35. The number of thioether (sulfide) groups is 1. The summed E-state index contributed by atoms with van der Waals surface area (Å²) in [7, 11) is 0. The molecule has 1 N–H and O–H groups in total. The van der Waals surface area contributed by atoms with Crippen LogP contribution in [0.25, 0.3) is 10.9 Å². The molecule has 0 atom stereocenters. The van der Waals surface area contributed by atoms with Crippen molar-refractivity contribution in [3.05, 3.63) is 53.0 Å². The van der Waals surface area contributed by atoms with E-state index in [-0.39, 0.29) is 5.91 Å². The van der Waals surface area contributed by atoms with Crippen molar-refractivity contribution in [2.75, 3.05) is 12.3 Å². The van der Waals surface area contributed by atoms with E-state index >= 15 is 0 Å². The molecule has 2 aromatic heterocycles. The second-order valence-corrected chi connectivity index (χ2v) is 7.36.